The third-order valence-electron chi connectivity index (χ3n) is 4.04. The molecule has 0 amide bonds. The number of rotatable bonds is 5. The van der Waals surface area contributed by atoms with Gasteiger partial charge in [0, 0.05) is 18.1 Å². The van der Waals surface area contributed by atoms with Gasteiger partial charge in [-0.15, -0.1) is 0 Å². The minimum Gasteiger partial charge on any atom is -0.369 e. The number of benzene rings is 1. The molecule has 1 N–H and O–H groups in total. The fourth-order valence-electron chi connectivity index (χ4n) is 2.75. The molecule has 1 saturated carbocycles. The molecule has 0 atom stereocenters. The van der Waals surface area contributed by atoms with Crippen LogP contribution in [0.4, 0.5) is 5.82 Å². The van der Waals surface area contributed by atoms with E-state index in [-0.39, 0.29) is 0 Å². The van der Waals surface area contributed by atoms with Gasteiger partial charge in [-0.05, 0) is 36.1 Å². The van der Waals surface area contributed by atoms with Crippen LogP contribution in [0.5, 0.6) is 0 Å². The molecule has 3 rings (SSSR count). The maximum absolute atomic E-state index is 4.49. The third-order valence-corrected chi connectivity index (χ3v) is 4.04. The van der Waals surface area contributed by atoms with Crippen LogP contribution < -0.4 is 5.32 Å². The van der Waals surface area contributed by atoms with Crippen LogP contribution in [0, 0.1) is 5.41 Å². The van der Waals surface area contributed by atoms with Gasteiger partial charge in [0.1, 0.15) is 5.82 Å². The monoisotopic (exact) mass is 240 g/mol. The topological polar surface area (TPSA) is 24.9 Å². The van der Waals surface area contributed by atoms with E-state index in [1.54, 1.807) is 0 Å². The van der Waals surface area contributed by atoms with Crippen molar-refractivity contribution in [2.45, 2.75) is 32.6 Å². The maximum Gasteiger partial charge on any atom is 0.133 e. The summed E-state index contributed by atoms with van der Waals surface area (Å²) in [5.74, 6) is 1.04. The average molecular weight is 240 g/mol. The molecule has 0 saturated heterocycles. The zero-order chi connectivity index (χ0) is 12.4. The molecule has 0 unspecified atom stereocenters. The Balaban J connectivity index is 1.79. The Hall–Kier alpha value is -1.57. The van der Waals surface area contributed by atoms with Crippen molar-refractivity contribution >= 4 is 16.6 Å². The molecule has 94 valence electrons. The van der Waals surface area contributed by atoms with E-state index in [2.05, 4.69) is 47.6 Å². The van der Waals surface area contributed by atoms with Gasteiger partial charge in [0.05, 0.1) is 0 Å². The molecule has 2 heteroatoms. The molecule has 2 nitrogen and oxygen atoms in total. The summed E-state index contributed by atoms with van der Waals surface area (Å²) in [6, 6.07) is 10.5. The van der Waals surface area contributed by atoms with E-state index >= 15 is 0 Å². The van der Waals surface area contributed by atoms with Gasteiger partial charge in [0.15, 0.2) is 0 Å². The molecular formula is C16H20N2. The van der Waals surface area contributed by atoms with Crippen molar-refractivity contribution in [2.75, 3.05) is 11.9 Å². The lowest BCUT2D eigenvalue weighted by atomic mass is 10.0. The SMILES string of the molecule is CCCC1(CNc2nccc3ccccc23)CC1. The van der Waals surface area contributed by atoms with Crippen LogP contribution in [-0.4, -0.2) is 11.5 Å². The number of aromatic nitrogens is 1. The first-order valence-electron chi connectivity index (χ1n) is 6.91. The number of anilines is 1. The molecule has 1 heterocycles. The summed E-state index contributed by atoms with van der Waals surface area (Å²) in [5.41, 5.74) is 0.563. The van der Waals surface area contributed by atoms with Crippen molar-refractivity contribution in [3.05, 3.63) is 36.5 Å². The number of hydrogen-bond donors (Lipinski definition) is 1. The Bertz CT molecular complexity index is 538. The highest BCUT2D eigenvalue weighted by molar-refractivity contribution is 5.91. The average Bonchev–Trinajstić information content (AvgIpc) is 3.17. The van der Waals surface area contributed by atoms with E-state index in [4.69, 9.17) is 0 Å². The molecule has 0 bridgehead atoms. The summed E-state index contributed by atoms with van der Waals surface area (Å²) in [6.45, 7) is 3.35. The largest absolute Gasteiger partial charge is 0.369 e. The minimum atomic E-state index is 0.563. The van der Waals surface area contributed by atoms with E-state index in [1.165, 1.54) is 36.5 Å². The molecule has 1 aromatic carbocycles. The van der Waals surface area contributed by atoms with Crippen LogP contribution in [0.15, 0.2) is 36.5 Å². The standard InChI is InChI=1S/C16H20N2/c1-2-8-16(9-10-16)12-18-15-14-6-4-3-5-13(14)7-11-17-15/h3-7,11H,2,8-10,12H2,1H3,(H,17,18). The number of fused-ring (bicyclic) bond motifs is 1. The van der Waals surface area contributed by atoms with E-state index in [1.807, 2.05) is 6.20 Å². The van der Waals surface area contributed by atoms with E-state index in [0.29, 0.717) is 5.41 Å². The van der Waals surface area contributed by atoms with Gasteiger partial charge in [-0.1, -0.05) is 37.6 Å². The van der Waals surface area contributed by atoms with E-state index in [0.717, 1.165) is 12.4 Å². The van der Waals surface area contributed by atoms with Crippen molar-refractivity contribution in [3.63, 3.8) is 0 Å². The molecule has 1 aromatic heterocycles. The number of hydrogen-bond acceptors (Lipinski definition) is 2. The van der Waals surface area contributed by atoms with Gasteiger partial charge in [0.2, 0.25) is 0 Å². The zero-order valence-corrected chi connectivity index (χ0v) is 10.9. The van der Waals surface area contributed by atoms with Crippen molar-refractivity contribution in [2.24, 2.45) is 5.41 Å². The summed E-state index contributed by atoms with van der Waals surface area (Å²) in [6.07, 6.45) is 7.26. The van der Waals surface area contributed by atoms with Gasteiger partial charge in [0.25, 0.3) is 0 Å². The number of nitrogens with zero attached hydrogens (tertiary/aromatic N) is 1. The first kappa shape index (κ1) is 11.5. The maximum atomic E-state index is 4.49. The highest BCUT2D eigenvalue weighted by Gasteiger charge is 2.41. The predicted molar refractivity (Wildman–Crippen MR) is 76.8 cm³/mol. The lowest BCUT2D eigenvalue weighted by Gasteiger charge is -2.16. The van der Waals surface area contributed by atoms with Gasteiger partial charge in [-0.25, -0.2) is 4.98 Å². The van der Waals surface area contributed by atoms with E-state index < -0.39 is 0 Å². The highest BCUT2D eigenvalue weighted by Crippen LogP contribution is 2.49. The Kier molecular flexibility index (Phi) is 2.94. The Labute approximate surface area is 108 Å². The smallest absolute Gasteiger partial charge is 0.133 e. The van der Waals surface area contributed by atoms with Crippen LogP contribution in [0.1, 0.15) is 32.6 Å². The number of pyridine rings is 1. The molecule has 18 heavy (non-hydrogen) atoms. The lowest BCUT2D eigenvalue weighted by molar-refractivity contribution is 0.485. The fraction of sp³-hybridized carbons (Fsp3) is 0.438. The molecule has 1 aliphatic carbocycles. The Morgan fingerprint density at radius 3 is 2.83 bits per heavy atom. The second-order valence-electron chi connectivity index (χ2n) is 5.48. The predicted octanol–water partition coefficient (Wildman–Crippen LogP) is 4.23. The van der Waals surface area contributed by atoms with Crippen LogP contribution in [0.2, 0.25) is 0 Å². The zero-order valence-electron chi connectivity index (χ0n) is 10.9. The molecule has 0 spiro atoms. The van der Waals surface area contributed by atoms with Crippen LogP contribution in [-0.2, 0) is 0 Å². The lowest BCUT2D eigenvalue weighted by Crippen LogP contribution is -2.16. The second-order valence-corrected chi connectivity index (χ2v) is 5.48. The molecular weight excluding hydrogens is 220 g/mol. The molecule has 1 fully saturated rings. The quantitative estimate of drug-likeness (QED) is 0.846. The summed E-state index contributed by atoms with van der Waals surface area (Å²) in [7, 11) is 0. The third kappa shape index (κ3) is 2.20. The minimum absolute atomic E-state index is 0.563. The molecule has 0 radical (unpaired) electrons. The van der Waals surface area contributed by atoms with Crippen molar-refractivity contribution in [1.29, 1.82) is 0 Å². The van der Waals surface area contributed by atoms with Crippen molar-refractivity contribution in [1.82, 2.24) is 4.98 Å². The Morgan fingerprint density at radius 1 is 1.22 bits per heavy atom. The fourth-order valence-corrected chi connectivity index (χ4v) is 2.75. The first-order valence-corrected chi connectivity index (χ1v) is 6.91. The molecule has 0 aliphatic heterocycles. The van der Waals surface area contributed by atoms with Gasteiger partial charge in [-0.2, -0.15) is 0 Å². The van der Waals surface area contributed by atoms with Gasteiger partial charge in [-0.3, -0.25) is 0 Å². The van der Waals surface area contributed by atoms with Crippen LogP contribution in [0.25, 0.3) is 10.8 Å². The van der Waals surface area contributed by atoms with Gasteiger partial charge < -0.3 is 5.32 Å². The molecule has 2 aromatic rings. The van der Waals surface area contributed by atoms with E-state index in [9.17, 15) is 0 Å². The highest BCUT2D eigenvalue weighted by atomic mass is 15.0. The first-order chi connectivity index (χ1) is 8.83. The summed E-state index contributed by atoms with van der Waals surface area (Å²) in [4.78, 5) is 4.49. The normalized spacial score (nSPS) is 16.7. The van der Waals surface area contributed by atoms with Crippen molar-refractivity contribution in [3.8, 4) is 0 Å². The van der Waals surface area contributed by atoms with Crippen LogP contribution >= 0.6 is 0 Å². The Morgan fingerprint density at radius 2 is 2.06 bits per heavy atom. The van der Waals surface area contributed by atoms with Gasteiger partial charge >= 0.3 is 0 Å². The van der Waals surface area contributed by atoms with Crippen LogP contribution in [0.3, 0.4) is 0 Å². The summed E-state index contributed by atoms with van der Waals surface area (Å²) < 4.78 is 0. The second kappa shape index (κ2) is 4.60. The number of nitrogens with one attached hydrogen (secondary N) is 1. The summed E-state index contributed by atoms with van der Waals surface area (Å²) in [5, 5.41) is 6.05. The molecule has 1 aliphatic rings. The summed E-state index contributed by atoms with van der Waals surface area (Å²) >= 11 is 0. The van der Waals surface area contributed by atoms with Crippen molar-refractivity contribution < 1.29 is 0 Å².